The van der Waals surface area contributed by atoms with Gasteiger partial charge in [-0.05, 0) is 39.3 Å². The summed E-state index contributed by atoms with van der Waals surface area (Å²) >= 11 is 1.05. The van der Waals surface area contributed by atoms with Crippen LogP contribution in [0.25, 0.3) is 10.2 Å². The van der Waals surface area contributed by atoms with E-state index < -0.39 is 23.6 Å². The third kappa shape index (κ3) is 3.97. The lowest BCUT2D eigenvalue weighted by atomic mass is 10.2. The smallest absolute Gasteiger partial charge is 0.355 e. The molecule has 0 aliphatic rings. The van der Waals surface area contributed by atoms with Crippen molar-refractivity contribution in [3.05, 3.63) is 50.1 Å². The van der Waals surface area contributed by atoms with E-state index in [-0.39, 0.29) is 23.9 Å². The lowest BCUT2D eigenvalue weighted by molar-refractivity contribution is 0.0313. The predicted molar refractivity (Wildman–Crippen MR) is 106 cm³/mol. The van der Waals surface area contributed by atoms with Crippen molar-refractivity contribution in [1.82, 2.24) is 15.0 Å². The molecule has 1 atom stereocenters. The van der Waals surface area contributed by atoms with Gasteiger partial charge in [0.25, 0.3) is 5.56 Å². The Morgan fingerprint density at radius 3 is 2.62 bits per heavy atom. The van der Waals surface area contributed by atoms with E-state index in [2.05, 4.69) is 15.0 Å². The summed E-state index contributed by atoms with van der Waals surface area (Å²) in [5.74, 6) is -1.25. The van der Waals surface area contributed by atoms with Gasteiger partial charge in [0.1, 0.15) is 15.4 Å². The molecule has 0 aromatic carbocycles. The third-order valence-corrected chi connectivity index (χ3v) is 5.42. The number of H-pyrrole nitrogens is 2. The van der Waals surface area contributed by atoms with Crippen molar-refractivity contribution < 1.29 is 23.9 Å². The van der Waals surface area contributed by atoms with Crippen molar-refractivity contribution in [2.45, 2.75) is 33.8 Å². The standard InChI is InChI=1S/C19H19N3O6S/c1-5-27-19(26)14-8(2)13-16(24)21-15(22-17(13)29-14)10(4)28-18(25)12-6-11(7-20-12)9(3)23/h6-7,10,20H,5H2,1-4H3,(H,21,22,24)/t10-/m1/s1. The molecule has 0 radical (unpaired) electrons. The fourth-order valence-corrected chi connectivity index (χ4v) is 3.82. The highest BCUT2D eigenvalue weighted by atomic mass is 32.1. The number of rotatable bonds is 6. The number of hydrogen-bond acceptors (Lipinski definition) is 8. The fourth-order valence-electron chi connectivity index (χ4n) is 2.74. The molecule has 10 heteroatoms. The summed E-state index contributed by atoms with van der Waals surface area (Å²) in [6.07, 6.45) is 0.554. The lowest BCUT2D eigenvalue weighted by Crippen LogP contribution is -2.17. The van der Waals surface area contributed by atoms with Crippen LogP contribution in [0.3, 0.4) is 0 Å². The molecule has 0 bridgehead atoms. The zero-order valence-corrected chi connectivity index (χ0v) is 17.1. The number of aromatic nitrogens is 3. The van der Waals surface area contributed by atoms with E-state index in [0.717, 1.165) is 11.3 Å². The highest BCUT2D eigenvalue weighted by molar-refractivity contribution is 7.20. The SMILES string of the molecule is CCOC(=O)c1sc2nc([C@@H](C)OC(=O)c3cc(C(C)=O)c[nH]3)[nH]c(=O)c2c1C. The van der Waals surface area contributed by atoms with Crippen molar-refractivity contribution in [3.8, 4) is 0 Å². The molecule has 0 amide bonds. The molecule has 3 heterocycles. The summed E-state index contributed by atoms with van der Waals surface area (Å²) in [5.41, 5.74) is 0.535. The summed E-state index contributed by atoms with van der Waals surface area (Å²) in [5, 5.41) is 0.302. The van der Waals surface area contributed by atoms with E-state index in [1.54, 1.807) is 20.8 Å². The molecule has 29 heavy (non-hydrogen) atoms. The number of nitrogens with one attached hydrogen (secondary N) is 2. The Bertz CT molecular complexity index is 1170. The number of ether oxygens (including phenoxy) is 2. The number of thiophene rings is 1. The largest absolute Gasteiger partial charge is 0.462 e. The van der Waals surface area contributed by atoms with Gasteiger partial charge in [-0.15, -0.1) is 11.3 Å². The highest BCUT2D eigenvalue weighted by Crippen LogP contribution is 2.28. The quantitative estimate of drug-likeness (QED) is 0.466. The van der Waals surface area contributed by atoms with E-state index >= 15 is 0 Å². The maximum Gasteiger partial charge on any atom is 0.355 e. The molecular weight excluding hydrogens is 398 g/mol. The van der Waals surface area contributed by atoms with E-state index in [4.69, 9.17) is 9.47 Å². The van der Waals surface area contributed by atoms with Gasteiger partial charge in [0.15, 0.2) is 17.7 Å². The van der Waals surface area contributed by atoms with Gasteiger partial charge in [0, 0.05) is 11.8 Å². The van der Waals surface area contributed by atoms with Gasteiger partial charge in [0.05, 0.1) is 12.0 Å². The number of carbonyl (C=O) groups is 3. The number of fused-ring (bicyclic) bond motifs is 1. The molecule has 2 N–H and O–H groups in total. The number of hydrogen-bond donors (Lipinski definition) is 2. The monoisotopic (exact) mass is 417 g/mol. The normalized spacial score (nSPS) is 12.0. The Morgan fingerprint density at radius 1 is 1.28 bits per heavy atom. The van der Waals surface area contributed by atoms with Crippen molar-refractivity contribution in [2.75, 3.05) is 6.61 Å². The summed E-state index contributed by atoms with van der Waals surface area (Å²) in [6.45, 7) is 6.52. The molecule has 0 saturated carbocycles. The van der Waals surface area contributed by atoms with Gasteiger partial charge in [-0.3, -0.25) is 9.59 Å². The molecule has 152 valence electrons. The van der Waals surface area contributed by atoms with Crippen molar-refractivity contribution in [2.24, 2.45) is 0 Å². The third-order valence-electron chi connectivity index (χ3n) is 4.26. The molecular formula is C19H19N3O6S. The van der Waals surface area contributed by atoms with Crippen LogP contribution >= 0.6 is 11.3 Å². The van der Waals surface area contributed by atoms with Crippen molar-refractivity contribution >= 4 is 39.3 Å². The minimum atomic E-state index is -0.864. The van der Waals surface area contributed by atoms with E-state index in [1.807, 2.05) is 0 Å². The lowest BCUT2D eigenvalue weighted by Gasteiger charge is -2.11. The van der Waals surface area contributed by atoms with E-state index in [0.29, 0.717) is 26.2 Å². The first-order valence-electron chi connectivity index (χ1n) is 8.83. The van der Waals surface area contributed by atoms with Gasteiger partial charge < -0.3 is 19.4 Å². The van der Waals surface area contributed by atoms with E-state index in [1.165, 1.54) is 19.2 Å². The van der Waals surface area contributed by atoms with Crippen LogP contribution < -0.4 is 5.56 Å². The Morgan fingerprint density at radius 2 is 2.00 bits per heavy atom. The molecule has 0 fully saturated rings. The van der Waals surface area contributed by atoms with Gasteiger partial charge in [0.2, 0.25) is 0 Å². The van der Waals surface area contributed by atoms with Gasteiger partial charge >= 0.3 is 11.9 Å². The Balaban J connectivity index is 1.88. The molecule has 9 nitrogen and oxygen atoms in total. The van der Waals surface area contributed by atoms with Crippen LogP contribution in [0.4, 0.5) is 0 Å². The molecule has 0 unspecified atom stereocenters. The van der Waals surface area contributed by atoms with Crippen LogP contribution in [-0.4, -0.2) is 39.3 Å². The first-order valence-corrected chi connectivity index (χ1v) is 9.65. The van der Waals surface area contributed by atoms with Gasteiger partial charge in [-0.2, -0.15) is 0 Å². The highest BCUT2D eigenvalue weighted by Gasteiger charge is 2.23. The molecule has 0 aliphatic heterocycles. The number of Topliss-reactive ketones (excluding diaryl/α,β-unsaturated/α-hetero) is 1. The van der Waals surface area contributed by atoms with Gasteiger partial charge in [-0.25, -0.2) is 14.6 Å². The van der Waals surface area contributed by atoms with Crippen LogP contribution in [0.2, 0.25) is 0 Å². The molecule has 0 saturated heterocycles. The summed E-state index contributed by atoms with van der Waals surface area (Å²) < 4.78 is 10.4. The summed E-state index contributed by atoms with van der Waals surface area (Å²) in [6, 6.07) is 1.39. The zero-order valence-electron chi connectivity index (χ0n) is 16.2. The van der Waals surface area contributed by atoms with Crippen LogP contribution in [0.15, 0.2) is 17.1 Å². The first kappa shape index (κ1) is 20.5. The van der Waals surface area contributed by atoms with Crippen LogP contribution in [-0.2, 0) is 9.47 Å². The van der Waals surface area contributed by atoms with Crippen LogP contribution in [0.5, 0.6) is 0 Å². The number of aromatic amines is 2. The summed E-state index contributed by atoms with van der Waals surface area (Å²) in [7, 11) is 0. The predicted octanol–water partition coefficient (Wildman–Crippen LogP) is 2.92. The van der Waals surface area contributed by atoms with Crippen LogP contribution in [0, 0.1) is 6.92 Å². The topological polar surface area (TPSA) is 131 Å². The average Bonchev–Trinajstić information content (AvgIpc) is 3.27. The number of ketones is 1. The number of esters is 2. The Labute approximate surface area is 169 Å². The molecule has 0 spiro atoms. The molecule has 3 aromatic heterocycles. The molecule has 0 aliphatic carbocycles. The minimum absolute atomic E-state index is 0.113. The molecule has 3 rings (SSSR count). The fraction of sp³-hybridized carbons (Fsp3) is 0.316. The Kier molecular flexibility index (Phi) is 5.64. The number of carbonyl (C=O) groups excluding carboxylic acids is 3. The van der Waals surface area contributed by atoms with E-state index in [9.17, 15) is 19.2 Å². The Hall–Kier alpha value is -3.27. The number of nitrogens with zero attached hydrogens (tertiary/aromatic N) is 1. The first-order chi connectivity index (χ1) is 13.7. The van der Waals surface area contributed by atoms with Crippen LogP contribution in [0.1, 0.15) is 68.8 Å². The second kappa shape index (κ2) is 8.00. The minimum Gasteiger partial charge on any atom is -0.462 e. The maximum absolute atomic E-state index is 12.5. The van der Waals surface area contributed by atoms with Gasteiger partial charge in [-0.1, -0.05) is 0 Å². The average molecular weight is 417 g/mol. The maximum atomic E-state index is 12.5. The zero-order chi connectivity index (χ0) is 21.3. The van der Waals surface area contributed by atoms with Crippen molar-refractivity contribution in [1.29, 1.82) is 0 Å². The number of aryl methyl sites for hydroxylation is 1. The molecule has 3 aromatic rings. The van der Waals surface area contributed by atoms with Crippen molar-refractivity contribution in [3.63, 3.8) is 0 Å². The second-order valence-corrected chi connectivity index (χ2v) is 7.31. The second-order valence-electron chi connectivity index (χ2n) is 6.31. The summed E-state index contributed by atoms with van der Waals surface area (Å²) in [4.78, 5) is 58.5.